The molecule has 0 saturated carbocycles. The van der Waals surface area contributed by atoms with Gasteiger partial charge in [0.25, 0.3) is 15.2 Å². The maximum absolute atomic E-state index is 12.7. The molecule has 0 spiro atoms. The van der Waals surface area contributed by atoms with Gasteiger partial charge in [-0.2, -0.15) is 4.31 Å². The van der Waals surface area contributed by atoms with E-state index in [4.69, 9.17) is 0 Å². The lowest BCUT2D eigenvalue weighted by Gasteiger charge is -2.23. The average Bonchev–Trinajstić information content (AvgIpc) is 3.08. The van der Waals surface area contributed by atoms with Crippen molar-refractivity contribution in [1.82, 2.24) is 19.1 Å². The second-order valence-corrected chi connectivity index (χ2v) is 7.60. The molecule has 2 unspecified atom stereocenters. The molecule has 2 aromatic rings. The highest BCUT2D eigenvalue weighted by molar-refractivity contribution is 7.89. The van der Waals surface area contributed by atoms with Gasteiger partial charge < -0.3 is 4.57 Å². The van der Waals surface area contributed by atoms with Crippen LogP contribution in [0.4, 0.5) is 0 Å². The second-order valence-electron chi connectivity index (χ2n) is 5.82. The summed E-state index contributed by atoms with van der Waals surface area (Å²) in [6, 6.07) is 10.2. The molecule has 6 nitrogen and oxygen atoms in total. The molecule has 118 valence electrons. The summed E-state index contributed by atoms with van der Waals surface area (Å²) in [6.07, 6.45) is 3.18. The third kappa shape index (κ3) is 2.66. The van der Waals surface area contributed by atoms with Crippen LogP contribution < -0.4 is 0 Å². The first-order valence-corrected chi connectivity index (χ1v) is 8.84. The molecule has 22 heavy (non-hydrogen) atoms. The summed E-state index contributed by atoms with van der Waals surface area (Å²) in [5.41, 5.74) is 1.25. The Morgan fingerprint density at radius 2 is 2.00 bits per heavy atom. The molecule has 1 aromatic carbocycles. The van der Waals surface area contributed by atoms with Crippen molar-refractivity contribution in [3.63, 3.8) is 0 Å². The van der Waals surface area contributed by atoms with Crippen molar-refractivity contribution < 1.29 is 8.42 Å². The van der Waals surface area contributed by atoms with Crippen LogP contribution in [0.25, 0.3) is 0 Å². The first-order valence-electron chi connectivity index (χ1n) is 7.40. The van der Waals surface area contributed by atoms with Crippen LogP contribution in [0.3, 0.4) is 0 Å². The third-order valence-corrected chi connectivity index (χ3v) is 6.37. The number of rotatable bonds is 4. The first kappa shape index (κ1) is 15.2. The summed E-state index contributed by atoms with van der Waals surface area (Å²) in [5.74, 6) is 0.324. The Morgan fingerprint density at radius 1 is 1.27 bits per heavy atom. The van der Waals surface area contributed by atoms with Gasteiger partial charge in [0.15, 0.2) is 0 Å². The summed E-state index contributed by atoms with van der Waals surface area (Å²) in [5, 5.41) is 7.45. The third-order valence-electron chi connectivity index (χ3n) is 4.41. The number of aryl methyl sites for hydroxylation is 1. The molecule has 7 heteroatoms. The van der Waals surface area contributed by atoms with E-state index in [2.05, 4.69) is 22.3 Å². The summed E-state index contributed by atoms with van der Waals surface area (Å²) >= 11 is 0. The molecule has 1 saturated heterocycles. The van der Waals surface area contributed by atoms with E-state index in [0.29, 0.717) is 12.5 Å². The van der Waals surface area contributed by atoms with Crippen LogP contribution in [0.2, 0.25) is 0 Å². The number of nitrogens with zero attached hydrogens (tertiary/aromatic N) is 4. The number of benzene rings is 1. The number of hydrogen-bond donors (Lipinski definition) is 0. The van der Waals surface area contributed by atoms with Gasteiger partial charge in [-0.15, -0.1) is 10.2 Å². The average molecular weight is 320 g/mol. The van der Waals surface area contributed by atoms with Gasteiger partial charge in [-0.25, -0.2) is 8.42 Å². The smallest absolute Gasteiger partial charge is 0.279 e. The minimum atomic E-state index is -3.58. The molecule has 0 radical (unpaired) electrons. The lowest BCUT2D eigenvalue weighted by Crippen LogP contribution is -2.37. The van der Waals surface area contributed by atoms with Crippen LogP contribution in [0, 0.1) is 5.92 Å². The Kier molecular flexibility index (Phi) is 4.01. The van der Waals surface area contributed by atoms with Gasteiger partial charge in [-0.05, 0) is 31.2 Å². The van der Waals surface area contributed by atoms with E-state index in [1.807, 2.05) is 25.1 Å². The molecular weight excluding hydrogens is 300 g/mol. The van der Waals surface area contributed by atoms with Crippen LogP contribution >= 0.6 is 0 Å². The minimum Gasteiger partial charge on any atom is -0.306 e. The predicted molar refractivity (Wildman–Crippen MR) is 82.6 cm³/mol. The van der Waals surface area contributed by atoms with Crippen molar-refractivity contribution in [3.05, 3.63) is 42.2 Å². The zero-order chi connectivity index (χ0) is 15.7. The molecule has 2 heterocycles. The molecule has 0 N–H and O–H groups in total. The topological polar surface area (TPSA) is 68.1 Å². The van der Waals surface area contributed by atoms with Crippen molar-refractivity contribution in [1.29, 1.82) is 0 Å². The van der Waals surface area contributed by atoms with E-state index >= 15 is 0 Å². The van der Waals surface area contributed by atoms with E-state index in [9.17, 15) is 8.42 Å². The summed E-state index contributed by atoms with van der Waals surface area (Å²) in [4.78, 5) is 0. The maximum atomic E-state index is 12.7. The van der Waals surface area contributed by atoms with Gasteiger partial charge in [-0.3, -0.25) is 0 Å². The van der Waals surface area contributed by atoms with E-state index in [1.165, 1.54) is 16.5 Å². The van der Waals surface area contributed by atoms with Gasteiger partial charge in [0, 0.05) is 19.6 Å². The maximum Gasteiger partial charge on any atom is 0.279 e. The van der Waals surface area contributed by atoms with E-state index in [1.54, 1.807) is 11.4 Å². The lowest BCUT2D eigenvalue weighted by molar-refractivity contribution is 0.353. The van der Waals surface area contributed by atoms with Gasteiger partial charge in [0.1, 0.15) is 6.33 Å². The molecular formula is C15H20N4O2S. The summed E-state index contributed by atoms with van der Waals surface area (Å²) in [6.45, 7) is 2.52. The monoisotopic (exact) mass is 320 g/mol. The van der Waals surface area contributed by atoms with Gasteiger partial charge in [0.2, 0.25) is 0 Å². The Bertz CT molecular complexity index is 742. The number of sulfonamides is 1. The molecule has 1 aliphatic rings. The standard InChI is InChI=1S/C15H20N4O2S/c1-12-14(10-13-6-4-3-5-7-13)8-9-19(12)22(20,21)15-17-16-11-18(15)2/h3-7,11-12,14H,8-10H2,1-2H3. The van der Waals surface area contributed by atoms with Crippen LogP contribution in [-0.2, 0) is 23.5 Å². The largest absolute Gasteiger partial charge is 0.306 e. The van der Waals surface area contributed by atoms with Crippen LogP contribution in [0.1, 0.15) is 18.9 Å². The Balaban J connectivity index is 1.79. The highest BCUT2D eigenvalue weighted by Gasteiger charge is 2.40. The van der Waals surface area contributed by atoms with Crippen LogP contribution in [-0.4, -0.2) is 40.1 Å². The van der Waals surface area contributed by atoms with Crippen LogP contribution in [0.15, 0.2) is 41.8 Å². The summed E-state index contributed by atoms with van der Waals surface area (Å²) < 4.78 is 28.5. The predicted octanol–water partition coefficient (Wildman–Crippen LogP) is 1.46. The fraction of sp³-hybridized carbons (Fsp3) is 0.467. The molecule has 0 amide bonds. The van der Waals surface area contributed by atoms with E-state index in [0.717, 1.165) is 12.8 Å². The molecule has 1 aromatic heterocycles. The van der Waals surface area contributed by atoms with Crippen molar-refractivity contribution in [2.45, 2.75) is 31.0 Å². The van der Waals surface area contributed by atoms with Crippen molar-refractivity contribution >= 4 is 10.0 Å². The second kappa shape index (κ2) is 5.81. The molecule has 1 aliphatic heterocycles. The van der Waals surface area contributed by atoms with Crippen LogP contribution in [0.5, 0.6) is 0 Å². The van der Waals surface area contributed by atoms with E-state index in [-0.39, 0.29) is 11.2 Å². The minimum absolute atomic E-state index is 0.0136. The quantitative estimate of drug-likeness (QED) is 0.855. The highest BCUT2D eigenvalue weighted by atomic mass is 32.2. The van der Waals surface area contributed by atoms with E-state index < -0.39 is 10.0 Å². The Labute approximate surface area is 130 Å². The summed E-state index contributed by atoms with van der Waals surface area (Å²) in [7, 11) is -1.93. The van der Waals surface area contributed by atoms with Gasteiger partial charge >= 0.3 is 0 Å². The molecule has 3 rings (SSSR count). The zero-order valence-electron chi connectivity index (χ0n) is 12.8. The SMILES string of the molecule is CC1C(Cc2ccccc2)CCN1S(=O)(=O)c1nncn1C. The van der Waals surface area contributed by atoms with Gasteiger partial charge in [0.05, 0.1) is 0 Å². The number of aromatic nitrogens is 3. The fourth-order valence-corrected chi connectivity index (χ4v) is 4.84. The normalized spacial score (nSPS) is 23.0. The highest BCUT2D eigenvalue weighted by Crippen LogP contribution is 2.31. The Morgan fingerprint density at radius 3 is 2.64 bits per heavy atom. The molecule has 2 atom stereocenters. The van der Waals surface area contributed by atoms with Gasteiger partial charge in [-0.1, -0.05) is 30.3 Å². The molecule has 0 bridgehead atoms. The number of hydrogen-bond acceptors (Lipinski definition) is 4. The first-order chi connectivity index (χ1) is 10.5. The lowest BCUT2D eigenvalue weighted by atomic mass is 9.94. The van der Waals surface area contributed by atoms with Crippen molar-refractivity contribution in [2.75, 3.05) is 6.54 Å². The molecule has 0 aliphatic carbocycles. The zero-order valence-corrected chi connectivity index (χ0v) is 13.6. The van der Waals surface area contributed by atoms with Crippen molar-refractivity contribution in [3.8, 4) is 0 Å². The van der Waals surface area contributed by atoms with Crippen molar-refractivity contribution in [2.24, 2.45) is 13.0 Å². The Hall–Kier alpha value is -1.73. The fourth-order valence-electron chi connectivity index (χ4n) is 3.11. The molecule has 1 fully saturated rings.